The van der Waals surface area contributed by atoms with Gasteiger partial charge in [-0.05, 0) is 105 Å². The Hall–Kier alpha value is -3.54. The van der Waals surface area contributed by atoms with Gasteiger partial charge < -0.3 is 14.9 Å². The van der Waals surface area contributed by atoms with Crippen molar-refractivity contribution in [2.75, 3.05) is 19.6 Å². The van der Waals surface area contributed by atoms with Gasteiger partial charge in [-0.2, -0.15) is 10.5 Å². The standard InChI is InChI=1S/C27H27N5/c28-15-19-4-6-26-23(13-19)22(17-30-26)3-1-2-10-32-11-8-21(9-12-32)25-18-31-27-7-5-20(16-29)14-24(25)27/h4-7,13-14,17-18,21,30-31H,1-3,8-12H2. The number of piperidine rings is 1. The summed E-state index contributed by atoms with van der Waals surface area (Å²) >= 11 is 0. The first-order chi connectivity index (χ1) is 15.7. The average Bonchev–Trinajstić information content (AvgIpc) is 3.45. The van der Waals surface area contributed by atoms with Crippen molar-refractivity contribution in [2.24, 2.45) is 0 Å². The van der Waals surface area contributed by atoms with Gasteiger partial charge in [-0.3, -0.25) is 0 Å². The third-order valence-electron chi connectivity index (χ3n) is 6.94. The molecule has 5 rings (SSSR count). The first-order valence-electron chi connectivity index (χ1n) is 11.5. The quantitative estimate of drug-likeness (QED) is 0.398. The number of H-pyrrole nitrogens is 2. The maximum atomic E-state index is 9.23. The number of aromatic amines is 2. The summed E-state index contributed by atoms with van der Waals surface area (Å²) in [5.74, 6) is 0.564. The number of hydrogen-bond donors (Lipinski definition) is 2. The van der Waals surface area contributed by atoms with Crippen LogP contribution in [0.1, 0.15) is 53.9 Å². The zero-order valence-corrected chi connectivity index (χ0v) is 18.2. The van der Waals surface area contributed by atoms with Crippen LogP contribution in [0, 0.1) is 22.7 Å². The topological polar surface area (TPSA) is 82.4 Å². The lowest BCUT2D eigenvalue weighted by atomic mass is 9.89. The second kappa shape index (κ2) is 8.91. The molecular weight excluding hydrogens is 394 g/mol. The molecule has 0 radical (unpaired) electrons. The van der Waals surface area contributed by atoms with Crippen molar-refractivity contribution in [1.29, 1.82) is 10.5 Å². The van der Waals surface area contributed by atoms with Crippen molar-refractivity contribution < 1.29 is 0 Å². The molecule has 0 aliphatic carbocycles. The van der Waals surface area contributed by atoms with Crippen LogP contribution in [0.5, 0.6) is 0 Å². The maximum Gasteiger partial charge on any atom is 0.0991 e. The van der Waals surface area contributed by atoms with Crippen LogP contribution in [0.3, 0.4) is 0 Å². The van der Waals surface area contributed by atoms with Crippen molar-refractivity contribution in [3.8, 4) is 12.1 Å². The van der Waals surface area contributed by atoms with Crippen LogP contribution >= 0.6 is 0 Å². The summed E-state index contributed by atoms with van der Waals surface area (Å²) < 4.78 is 0. The highest BCUT2D eigenvalue weighted by Gasteiger charge is 2.22. The van der Waals surface area contributed by atoms with E-state index in [0.717, 1.165) is 54.6 Å². The molecule has 32 heavy (non-hydrogen) atoms. The first-order valence-corrected chi connectivity index (χ1v) is 11.5. The van der Waals surface area contributed by atoms with E-state index in [9.17, 15) is 5.26 Å². The van der Waals surface area contributed by atoms with Gasteiger partial charge in [0.15, 0.2) is 0 Å². The van der Waals surface area contributed by atoms with Gasteiger partial charge in [0.05, 0.1) is 23.3 Å². The molecule has 0 unspecified atom stereocenters. The third kappa shape index (κ3) is 4.00. The highest BCUT2D eigenvalue weighted by molar-refractivity contribution is 5.85. The summed E-state index contributed by atoms with van der Waals surface area (Å²) in [6, 6.07) is 16.3. The van der Waals surface area contributed by atoms with Gasteiger partial charge in [-0.1, -0.05) is 0 Å². The summed E-state index contributed by atoms with van der Waals surface area (Å²) in [6.07, 6.45) is 9.96. The number of nitriles is 2. The van der Waals surface area contributed by atoms with E-state index in [4.69, 9.17) is 5.26 Å². The van der Waals surface area contributed by atoms with Gasteiger partial charge in [0, 0.05) is 34.2 Å². The van der Waals surface area contributed by atoms with Gasteiger partial charge in [0.2, 0.25) is 0 Å². The lowest BCUT2D eigenvalue weighted by Gasteiger charge is -2.32. The molecule has 1 saturated heterocycles. The molecule has 0 spiro atoms. The summed E-state index contributed by atoms with van der Waals surface area (Å²) in [4.78, 5) is 9.30. The smallest absolute Gasteiger partial charge is 0.0991 e. The first kappa shape index (κ1) is 20.4. The largest absolute Gasteiger partial charge is 0.361 e. The Morgan fingerprint density at radius 1 is 0.844 bits per heavy atom. The highest BCUT2D eigenvalue weighted by atomic mass is 15.1. The number of nitrogens with zero attached hydrogens (tertiary/aromatic N) is 3. The van der Waals surface area contributed by atoms with Gasteiger partial charge >= 0.3 is 0 Å². The second-order valence-electron chi connectivity index (χ2n) is 8.88. The van der Waals surface area contributed by atoms with E-state index in [2.05, 4.69) is 39.4 Å². The number of nitrogens with one attached hydrogen (secondary N) is 2. The van der Waals surface area contributed by atoms with E-state index in [1.54, 1.807) is 0 Å². The molecule has 160 valence electrons. The van der Waals surface area contributed by atoms with Crippen molar-refractivity contribution in [3.63, 3.8) is 0 Å². The molecule has 0 saturated carbocycles. The number of likely N-dealkylation sites (tertiary alicyclic amines) is 1. The van der Waals surface area contributed by atoms with E-state index >= 15 is 0 Å². The van der Waals surface area contributed by atoms with Crippen molar-refractivity contribution in [1.82, 2.24) is 14.9 Å². The number of aromatic nitrogens is 2. The summed E-state index contributed by atoms with van der Waals surface area (Å²) in [6.45, 7) is 3.41. The van der Waals surface area contributed by atoms with Gasteiger partial charge in [0.25, 0.3) is 0 Å². The molecule has 0 amide bonds. The summed E-state index contributed by atoms with van der Waals surface area (Å²) in [5, 5.41) is 20.8. The maximum absolute atomic E-state index is 9.23. The van der Waals surface area contributed by atoms with Crippen LogP contribution < -0.4 is 0 Å². The Bertz CT molecular complexity index is 1320. The van der Waals surface area contributed by atoms with Gasteiger partial charge in [-0.15, -0.1) is 0 Å². The molecule has 3 heterocycles. The van der Waals surface area contributed by atoms with Crippen LogP contribution in [0.4, 0.5) is 0 Å². The molecule has 1 aliphatic heterocycles. The van der Waals surface area contributed by atoms with E-state index < -0.39 is 0 Å². The predicted octanol–water partition coefficient (Wildman–Crippen LogP) is 5.59. The molecule has 0 bridgehead atoms. The SMILES string of the molecule is N#Cc1ccc2[nH]cc(CCCCN3CCC(c4c[nH]c5ccc(C#N)cc45)CC3)c2c1. The van der Waals surface area contributed by atoms with Gasteiger partial charge in [0.1, 0.15) is 0 Å². The van der Waals surface area contributed by atoms with E-state index in [-0.39, 0.29) is 0 Å². The normalized spacial score (nSPS) is 15.2. The van der Waals surface area contributed by atoms with E-state index in [1.165, 1.54) is 41.2 Å². The lowest BCUT2D eigenvalue weighted by molar-refractivity contribution is 0.209. The fourth-order valence-electron chi connectivity index (χ4n) is 5.12. The molecule has 2 N–H and O–H groups in total. The Morgan fingerprint density at radius 2 is 1.50 bits per heavy atom. The molecule has 2 aromatic heterocycles. The van der Waals surface area contributed by atoms with Gasteiger partial charge in [-0.25, -0.2) is 0 Å². The van der Waals surface area contributed by atoms with Crippen LogP contribution in [-0.4, -0.2) is 34.5 Å². The zero-order chi connectivity index (χ0) is 21.9. The van der Waals surface area contributed by atoms with E-state index in [0.29, 0.717) is 5.92 Å². The average molecular weight is 422 g/mol. The monoisotopic (exact) mass is 421 g/mol. The zero-order valence-electron chi connectivity index (χ0n) is 18.2. The number of aryl methyl sites for hydroxylation is 1. The number of rotatable bonds is 6. The number of unbranched alkanes of at least 4 members (excludes halogenated alkanes) is 1. The Balaban J connectivity index is 1.12. The minimum atomic E-state index is 0.564. The molecular formula is C27H27N5. The molecule has 5 nitrogen and oxygen atoms in total. The highest BCUT2D eigenvalue weighted by Crippen LogP contribution is 2.33. The van der Waals surface area contributed by atoms with Crippen LogP contribution in [0.15, 0.2) is 48.8 Å². The van der Waals surface area contributed by atoms with Crippen molar-refractivity contribution in [2.45, 2.75) is 38.0 Å². The summed E-state index contributed by atoms with van der Waals surface area (Å²) in [5.41, 5.74) is 6.37. The molecule has 1 aliphatic rings. The second-order valence-corrected chi connectivity index (χ2v) is 8.88. The third-order valence-corrected chi connectivity index (χ3v) is 6.94. The fourth-order valence-corrected chi connectivity index (χ4v) is 5.12. The molecule has 5 heteroatoms. The Kier molecular flexibility index (Phi) is 5.67. The number of hydrogen-bond acceptors (Lipinski definition) is 3. The van der Waals surface area contributed by atoms with E-state index in [1.807, 2.05) is 36.4 Å². The fraction of sp³-hybridized carbons (Fsp3) is 0.333. The minimum Gasteiger partial charge on any atom is -0.361 e. The van der Waals surface area contributed by atoms with Crippen molar-refractivity contribution in [3.05, 3.63) is 71.0 Å². The number of benzene rings is 2. The Labute approximate surface area is 188 Å². The number of fused-ring (bicyclic) bond motifs is 2. The molecule has 2 aromatic carbocycles. The summed E-state index contributed by atoms with van der Waals surface area (Å²) in [7, 11) is 0. The molecule has 1 fully saturated rings. The molecule has 4 aromatic rings. The lowest BCUT2D eigenvalue weighted by Crippen LogP contribution is -2.33. The van der Waals surface area contributed by atoms with Crippen LogP contribution in [-0.2, 0) is 6.42 Å². The van der Waals surface area contributed by atoms with Crippen LogP contribution in [0.2, 0.25) is 0 Å². The van der Waals surface area contributed by atoms with Crippen molar-refractivity contribution >= 4 is 21.8 Å². The van der Waals surface area contributed by atoms with Crippen LogP contribution in [0.25, 0.3) is 21.8 Å². The minimum absolute atomic E-state index is 0.564. The molecule has 0 atom stereocenters. The Morgan fingerprint density at radius 3 is 2.22 bits per heavy atom. The predicted molar refractivity (Wildman–Crippen MR) is 127 cm³/mol.